The Morgan fingerprint density at radius 3 is 2.89 bits per heavy atom. The molecule has 6 heteroatoms. The number of benzene rings is 1. The first-order valence-electron chi connectivity index (χ1n) is 5.24. The Bertz CT molecular complexity index is 646. The number of hydrogen-bond donors (Lipinski definition) is 0. The van der Waals surface area contributed by atoms with E-state index in [-0.39, 0.29) is 5.89 Å². The van der Waals surface area contributed by atoms with Crippen LogP contribution in [0.2, 0.25) is 0 Å². The maximum Gasteiger partial charge on any atom is 0.295 e. The summed E-state index contributed by atoms with van der Waals surface area (Å²) in [6.07, 6.45) is 2.82. The second-order valence-electron chi connectivity index (χ2n) is 3.49. The molecule has 0 N–H and O–H groups in total. The third-order valence-electron chi connectivity index (χ3n) is 2.42. The van der Waals surface area contributed by atoms with Gasteiger partial charge < -0.3 is 13.7 Å². The molecule has 18 heavy (non-hydrogen) atoms. The zero-order valence-electron chi connectivity index (χ0n) is 9.53. The summed E-state index contributed by atoms with van der Waals surface area (Å²) in [5.74, 6) is 1.85. The van der Waals surface area contributed by atoms with Gasteiger partial charge in [-0.1, -0.05) is 17.3 Å². The van der Waals surface area contributed by atoms with Gasteiger partial charge in [-0.15, -0.1) is 0 Å². The fourth-order valence-corrected chi connectivity index (χ4v) is 1.58. The Balaban J connectivity index is 2.03. The van der Waals surface area contributed by atoms with Crippen LogP contribution in [0.1, 0.15) is 0 Å². The summed E-state index contributed by atoms with van der Waals surface area (Å²) >= 11 is 0. The van der Waals surface area contributed by atoms with Crippen molar-refractivity contribution in [3.63, 3.8) is 0 Å². The molecule has 0 spiro atoms. The minimum Gasteiger partial charge on any atom is -0.496 e. The number of rotatable bonds is 3. The van der Waals surface area contributed by atoms with Gasteiger partial charge in [-0.05, 0) is 12.1 Å². The van der Waals surface area contributed by atoms with Crippen molar-refractivity contribution in [3.05, 3.63) is 36.9 Å². The number of nitrogens with zero attached hydrogens (tertiary/aromatic N) is 3. The highest BCUT2D eigenvalue weighted by atomic mass is 16.5. The van der Waals surface area contributed by atoms with Crippen LogP contribution < -0.4 is 4.74 Å². The molecular weight excluding hydrogens is 234 g/mol. The summed E-state index contributed by atoms with van der Waals surface area (Å²) in [5.41, 5.74) is 0.759. The maximum atomic E-state index is 5.24. The van der Waals surface area contributed by atoms with Crippen molar-refractivity contribution in [2.75, 3.05) is 7.11 Å². The fourth-order valence-electron chi connectivity index (χ4n) is 1.58. The topological polar surface area (TPSA) is 74.2 Å². The Morgan fingerprint density at radius 1 is 1.22 bits per heavy atom. The van der Waals surface area contributed by atoms with Gasteiger partial charge in [0.25, 0.3) is 5.89 Å². The van der Waals surface area contributed by atoms with Crippen molar-refractivity contribution in [2.45, 2.75) is 0 Å². The summed E-state index contributed by atoms with van der Waals surface area (Å²) in [6, 6.07) is 7.44. The second-order valence-corrected chi connectivity index (χ2v) is 3.49. The number of oxazole rings is 1. The van der Waals surface area contributed by atoms with Gasteiger partial charge in [-0.25, -0.2) is 4.98 Å². The third-order valence-corrected chi connectivity index (χ3v) is 2.42. The van der Waals surface area contributed by atoms with Crippen LogP contribution in [0, 0.1) is 0 Å². The first kappa shape index (κ1) is 10.5. The molecule has 0 saturated carbocycles. The van der Waals surface area contributed by atoms with Crippen LogP contribution in [-0.4, -0.2) is 22.2 Å². The lowest BCUT2D eigenvalue weighted by Crippen LogP contribution is -1.88. The van der Waals surface area contributed by atoms with Crippen LogP contribution in [0.5, 0.6) is 5.75 Å². The average molecular weight is 243 g/mol. The van der Waals surface area contributed by atoms with Crippen molar-refractivity contribution in [1.29, 1.82) is 0 Å². The Morgan fingerprint density at radius 2 is 2.11 bits per heavy atom. The molecule has 0 fully saturated rings. The van der Waals surface area contributed by atoms with E-state index in [2.05, 4.69) is 15.1 Å². The SMILES string of the molecule is COc1ccccc1-c1noc(-c2cnco2)n1. The monoisotopic (exact) mass is 243 g/mol. The van der Waals surface area contributed by atoms with Gasteiger partial charge in [-0.3, -0.25) is 0 Å². The summed E-state index contributed by atoms with van der Waals surface area (Å²) in [4.78, 5) is 8.04. The zero-order chi connectivity index (χ0) is 12.4. The van der Waals surface area contributed by atoms with Gasteiger partial charge in [0.2, 0.25) is 11.6 Å². The molecule has 0 aliphatic heterocycles. The Labute approximate surface area is 102 Å². The summed E-state index contributed by atoms with van der Waals surface area (Å²) in [7, 11) is 1.59. The van der Waals surface area contributed by atoms with E-state index in [4.69, 9.17) is 13.7 Å². The molecule has 3 rings (SSSR count). The molecule has 1 aromatic carbocycles. The smallest absolute Gasteiger partial charge is 0.295 e. The van der Waals surface area contributed by atoms with E-state index in [1.54, 1.807) is 7.11 Å². The van der Waals surface area contributed by atoms with Gasteiger partial charge >= 0.3 is 0 Å². The maximum absolute atomic E-state index is 5.24. The van der Waals surface area contributed by atoms with Crippen molar-refractivity contribution < 1.29 is 13.7 Å². The van der Waals surface area contributed by atoms with Crippen molar-refractivity contribution >= 4 is 0 Å². The third kappa shape index (κ3) is 1.73. The molecule has 3 aromatic rings. The van der Waals surface area contributed by atoms with Crippen molar-refractivity contribution in [3.8, 4) is 28.8 Å². The van der Waals surface area contributed by atoms with Gasteiger partial charge in [0.1, 0.15) is 5.75 Å². The van der Waals surface area contributed by atoms with E-state index >= 15 is 0 Å². The van der Waals surface area contributed by atoms with Crippen LogP contribution >= 0.6 is 0 Å². The zero-order valence-corrected chi connectivity index (χ0v) is 9.53. The molecule has 0 radical (unpaired) electrons. The van der Waals surface area contributed by atoms with Crippen molar-refractivity contribution in [1.82, 2.24) is 15.1 Å². The molecule has 2 heterocycles. The molecule has 6 nitrogen and oxygen atoms in total. The minimum absolute atomic E-state index is 0.286. The molecule has 0 amide bonds. The van der Waals surface area contributed by atoms with E-state index in [0.717, 1.165) is 5.56 Å². The number of hydrogen-bond acceptors (Lipinski definition) is 6. The number of methoxy groups -OCH3 is 1. The van der Waals surface area contributed by atoms with Crippen LogP contribution in [0.3, 0.4) is 0 Å². The first-order chi connectivity index (χ1) is 8.88. The number of para-hydroxylation sites is 1. The van der Waals surface area contributed by atoms with Crippen LogP contribution in [-0.2, 0) is 0 Å². The van der Waals surface area contributed by atoms with E-state index in [0.29, 0.717) is 17.3 Å². The lowest BCUT2D eigenvalue weighted by molar-refractivity contribution is 0.410. The van der Waals surface area contributed by atoms with Crippen molar-refractivity contribution in [2.24, 2.45) is 0 Å². The predicted octanol–water partition coefficient (Wildman–Crippen LogP) is 2.40. The summed E-state index contributed by atoms with van der Waals surface area (Å²) in [6.45, 7) is 0. The molecule has 0 bridgehead atoms. The molecule has 2 aromatic heterocycles. The summed E-state index contributed by atoms with van der Waals surface area (Å²) < 4.78 is 15.4. The van der Waals surface area contributed by atoms with Gasteiger partial charge in [0.05, 0.1) is 18.9 Å². The van der Waals surface area contributed by atoms with Crippen LogP contribution in [0.4, 0.5) is 0 Å². The van der Waals surface area contributed by atoms with Gasteiger partial charge in [0.15, 0.2) is 6.39 Å². The first-order valence-corrected chi connectivity index (χ1v) is 5.24. The van der Waals surface area contributed by atoms with E-state index in [9.17, 15) is 0 Å². The lowest BCUT2D eigenvalue weighted by atomic mass is 10.2. The molecule has 90 valence electrons. The van der Waals surface area contributed by atoms with Gasteiger partial charge in [0, 0.05) is 0 Å². The summed E-state index contributed by atoms with van der Waals surface area (Å²) in [5, 5.41) is 3.90. The highest BCUT2D eigenvalue weighted by Crippen LogP contribution is 2.28. The largest absolute Gasteiger partial charge is 0.496 e. The van der Waals surface area contributed by atoms with Crippen LogP contribution in [0.25, 0.3) is 23.0 Å². The molecule has 0 saturated heterocycles. The Hall–Kier alpha value is -2.63. The molecular formula is C12H9N3O3. The Kier molecular flexibility index (Phi) is 2.53. The minimum atomic E-state index is 0.286. The second kappa shape index (κ2) is 4.33. The highest BCUT2D eigenvalue weighted by Gasteiger charge is 2.15. The standard InChI is InChI=1S/C12H9N3O3/c1-16-9-5-3-2-4-8(9)11-14-12(18-15-11)10-6-13-7-17-10/h2-7H,1H3. The van der Waals surface area contributed by atoms with E-state index < -0.39 is 0 Å². The lowest BCUT2D eigenvalue weighted by Gasteiger charge is -2.02. The normalized spacial score (nSPS) is 10.5. The molecule has 0 aliphatic carbocycles. The highest BCUT2D eigenvalue weighted by molar-refractivity contribution is 5.64. The molecule has 0 atom stereocenters. The average Bonchev–Trinajstić information content (AvgIpc) is 3.09. The van der Waals surface area contributed by atoms with E-state index in [1.165, 1.54) is 12.6 Å². The quantitative estimate of drug-likeness (QED) is 0.703. The number of ether oxygens (including phenoxy) is 1. The predicted molar refractivity (Wildman–Crippen MR) is 61.8 cm³/mol. The van der Waals surface area contributed by atoms with Crippen LogP contribution in [0.15, 0.2) is 45.8 Å². The molecule has 0 unspecified atom stereocenters. The number of aromatic nitrogens is 3. The fraction of sp³-hybridized carbons (Fsp3) is 0.0833. The van der Waals surface area contributed by atoms with Gasteiger partial charge in [-0.2, -0.15) is 4.98 Å². The molecule has 0 aliphatic rings. The van der Waals surface area contributed by atoms with E-state index in [1.807, 2.05) is 24.3 Å².